The molecule has 0 aliphatic heterocycles. The van der Waals surface area contributed by atoms with Gasteiger partial charge >= 0.3 is 0 Å². The lowest BCUT2D eigenvalue weighted by atomic mass is 9.82. The van der Waals surface area contributed by atoms with Gasteiger partial charge in [0.15, 0.2) is 0 Å². The number of rotatable bonds is 7. The molecule has 2 unspecified atom stereocenters. The van der Waals surface area contributed by atoms with E-state index in [0.29, 0.717) is 11.8 Å². The second-order valence-corrected chi connectivity index (χ2v) is 14.1. The van der Waals surface area contributed by atoms with Crippen LogP contribution in [0.2, 0.25) is 0 Å². The van der Waals surface area contributed by atoms with Crippen LogP contribution in [0.25, 0.3) is 60.9 Å². The van der Waals surface area contributed by atoms with E-state index >= 15 is 0 Å². The third kappa shape index (κ3) is 5.83. The van der Waals surface area contributed by atoms with Crippen LogP contribution in [-0.4, -0.2) is 4.57 Å². The van der Waals surface area contributed by atoms with Gasteiger partial charge in [-0.2, -0.15) is 0 Å². The van der Waals surface area contributed by atoms with Crippen LogP contribution in [0.4, 0.5) is 11.4 Å². The zero-order valence-electron chi connectivity index (χ0n) is 28.9. The molecule has 2 nitrogen and oxygen atoms in total. The van der Waals surface area contributed by atoms with E-state index in [1.54, 1.807) is 0 Å². The first-order valence-corrected chi connectivity index (χ1v) is 18.4. The number of anilines is 2. The summed E-state index contributed by atoms with van der Waals surface area (Å²) in [7, 11) is 0. The fraction of sp³-hybridized carbons (Fsp3) is 0.0612. The smallest absolute Gasteiger partial charge is 0.0680 e. The van der Waals surface area contributed by atoms with Crippen molar-refractivity contribution in [2.75, 3.05) is 5.32 Å². The molecule has 3 heteroatoms. The van der Waals surface area contributed by atoms with Crippen LogP contribution >= 0.6 is 12.6 Å². The largest absolute Gasteiger partial charge is 0.355 e. The number of para-hydroxylation sites is 2. The van der Waals surface area contributed by atoms with Crippen molar-refractivity contribution in [2.45, 2.75) is 17.7 Å². The minimum Gasteiger partial charge on any atom is -0.355 e. The minimum absolute atomic E-state index is 0.293. The second-order valence-electron chi connectivity index (χ2n) is 13.7. The summed E-state index contributed by atoms with van der Waals surface area (Å²) in [5.41, 5.74) is 14.0. The Balaban J connectivity index is 1.11. The Labute approximate surface area is 310 Å². The number of hydrogen-bond donors (Lipinski definition) is 2. The molecule has 0 saturated heterocycles. The highest BCUT2D eigenvalue weighted by Gasteiger charge is 2.21. The van der Waals surface area contributed by atoms with Crippen molar-refractivity contribution >= 4 is 45.8 Å². The van der Waals surface area contributed by atoms with Gasteiger partial charge in [0.1, 0.15) is 0 Å². The molecule has 0 saturated carbocycles. The Morgan fingerprint density at radius 1 is 0.538 bits per heavy atom. The molecule has 0 fully saturated rings. The highest BCUT2D eigenvalue weighted by molar-refractivity contribution is 7.80. The van der Waals surface area contributed by atoms with Gasteiger partial charge in [-0.1, -0.05) is 146 Å². The predicted octanol–water partition coefficient (Wildman–Crippen LogP) is 13.7. The summed E-state index contributed by atoms with van der Waals surface area (Å²) in [6.07, 6.45) is 8.95. The minimum atomic E-state index is 0.293. The number of fused-ring (bicyclic) bond motifs is 3. The van der Waals surface area contributed by atoms with E-state index in [1.807, 2.05) is 0 Å². The monoisotopic (exact) mass is 686 g/mol. The van der Waals surface area contributed by atoms with E-state index in [9.17, 15) is 0 Å². The van der Waals surface area contributed by atoms with Gasteiger partial charge < -0.3 is 9.88 Å². The van der Waals surface area contributed by atoms with Crippen molar-refractivity contribution in [1.82, 2.24) is 4.57 Å². The SMILES string of the molecule is CC1C=CC=CC1c1cc(-c2ccc(-c3ccc4c(c3)c3ccc(-c5ccccc5)c(S)c3n4-c3ccccc3)cc2)ccc1Nc1ccccc1. The normalized spacial score (nSPS) is 15.3. The Hall–Kier alpha value is -6.03. The molecule has 9 rings (SSSR count). The number of benzene rings is 7. The van der Waals surface area contributed by atoms with E-state index in [-0.39, 0.29) is 0 Å². The molecule has 0 radical (unpaired) electrons. The standard InChI is InChI=1S/C49H38N2S/c1-33-13-11-12-20-41(33)44-31-37(25-29-46(44)50-39-16-7-3-8-17-39)34-21-23-35(24-22-34)38-26-30-47-45(32-38)43-28-27-42(36-14-5-2-6-15-36)49(52)48(43)51(47)40-18-9-4-10-19-40/h2-33,41,50,52H,1H3. The van der Waals surface area contributed by atoms with Crippen molar-refractivity contribution in [3.05, 3.63) is 194 Å². The van der Waals surface area contributed by atoms with Crippen molar-refractivity contribution in [2.24, 2.45) is 5.92 Å². The zero-order valence-corrected chi connectivity index (χ0v) is 29.8. The molecule has 1 aliphatic rings. The van der Waals surface area contributed by atoms with E-state index in [2.05, 4.69) is 205 Å². The second kappa shape index (κ2) is 13.6. The Bertz CT molecular complexity index is 2600. The summed E-state index contributed by atoms with van der Waals surface area (Å²) >= 11 is 5.19. The van der Waals surface area contributed by atoms with Gasteiger partial charge in [-0.05, 0) is 93.4 Å². The summed E-state index contributed by atoms with van der Waals surface area (Å²) in [6, 6.07) is 58.8. The molecule has 1 aromatic heterocycles. The van der Waals surface area contributed by atoms with E-state index < -0.39 is 0 Å². The molecule has 0 bridgehead atoms. The number of nitrogens with one attached hydrogen (secondary N) is 1. The summed E-state index contributed by atoms with van der Waals surface area (Å²) in [6.45, 7) is 2.30. The Kier molecular flexibility index (Phi) is 8.34. The maximum Gasteiger partial charge on any atom is 0.0680 e. The van der Waals surface area contributed by atoms with E-state index in [1.165, 1.54) is 44.1 Å². The number of allylic oxidation sites excluding steroid dienone is 4. The van der Waals surface area contributed by atoms with Crippen LogP contribution in [-0.2, 0) is 0 Å². The summed E-state index contributed by atoms with van der Waals surface area (Å²) in [4.78, 5) is 0.980. The van der Waals surface area contributed by atoms with Gasteiger partial charge in [0.2, 0.25) is 0 Å². The van der Waals surface area contributed by atoms with Crippen LogP contribution in [0.1, 0.15) is 18.4 Å². The molecule has 2 atom stereocenters. The number of nitrogens with zero attached hydrogens (tertiary/aromatic N) is 1. The molecule has 1 N–H and O–H groups in total. The van der Waals surface area contributed by atoms with Gasteiger partial charge in [0.05, 0.1) is 11.0 Å². The van der Waals surface area contributed by atoms with Gasteiger partial charge in [-0.15, -0.1) is 12.6 Å². The van der Waals surface area contributed by atoms with Crippen LogP contribution in [0.3, 0.4) is 0 Å². The van der Waals surface area contributed by atoms with Gasteiger partial charge in [-0.25, -0.2) is 0 Å². The average Bonchev–Trinajstić information content (AvgIpc) is 3.54. The lowest BCUT2D eigenvalue weighted by Gasteiger charge is -2.25. The maximum atomic E-state index is 5.19. The van der Waals surface area contributed by atoms with E-state index in [0.717, 1.165) is 38.6 Å². The quantitative estimate of drug-likeness (QED) is 0.160. The highest BCUT2D eigenvalue weighted by atomic mass is 32.1. The Morgan fingerprint density at radius 3 is 1.87 bits per heavy atom. The average molecular weight is 687 g/mol. The lowest BCUT2D eigenvalue weighted by molar-refractivity contribution is 0.637. The van der Waals surface area contributed by atoms with Crippen LogP contribution < -0.4 is 5.32 Å². The van der Waals surface area contributed by atoms with Crippen molar-refractivity contribution in [3.8, 4) is 39.1 Å². The van der Waals surface area contributed by atoms with Gasteiger partial charge in [-0.3, -0.25) is 0 Å². The molecule has 1 heterocycles. The van der Waals surface area contributed by atoms with Crippen LogP contribution in [0.5, 0.6) is 0 Å². The molecule has 52 heavy (non-hydrogen) atoms. The summed E-state index contributed by atoms with van der Waals surface area (Å²) in [5.74, 6) is 0.701. The molecule has 8 aromatic rings. The third-order valence-electron chi connectivity index (χ3n) is 10.4. The van der Waals surface area contributed by atoms with Crippen molar-refractivity contribution in [1.29, 1.82) is 0 Å². The summed E-state index contributed by atoms with van der Waals surface area (Å²) < 4.78 is 2.36. The molecule has 0 amide bonds. The van der Waals surface area contributed by atoms with Gasteiger partial charge in [0.25, 0.3) is 0 Å². The first-order valence-electron chi connectivity index (χ1n) is 18.0. The van der Waals surface area contributed by atoms with Crippen molar-refractivity contribution < 1.29 is 0 Å². The Morgan fingerprint density at radius 2 is 1.15 bits per heavy atom. The molecule has 7 aromatic carbocycles. The van der Waals surface area contributed by atoms with Crippen LogP contribution in [0.15, 0.2) is 193 Å². The first-order chi connectivity index (χ1) is 25.6. The molecule has 1 aliphatic carbocycles. The van der Waals surface area contributed by atoms with Crippen molar-refractivity contribution in [3.63, 3.8) is 0 Å². The molecular formula is C49H38N2S. The molecule has 250 valence electrons. The summed E-state index contributed by atoms with van der Waals surface area (Å²) in [5, 5.41) is 6.10. The predicted molar refractivity (Wildman–Crippen MR) is 224 cm³/mol. The number of thiol groups is 1. The fourth-order valence-electron chi connectivity index (χ4n) is 7.74. The third-order valence-corrected chi connectivity index (χ3v) is 10.9. The lowest BCUT2D eigenvalue weighted by Crippen LogP contribution is -2.10. The van der Waals surface area contributed by atoms with Gasteiger partial charge in [0, 0.05) is 38.6 Å². The van der Waals surface area contributed by atoms with Crippen LogP contribution in [0, 0.1) is 5.92 Å². The number of hydrogen-bond acceptors (Lipinski definition) is 2. The van der Waals surface area contributed by atoms with E-state index in [4.69, 9.17) is 12.6 Å². The molecule has 0 spiro atoms. The highest BCUT2D eigenvalue weighted by Crippen LogP contribution is 2.42. The maximum absolute atomic E-state index is 5.19. The molecular weight excluding hydrogens is 649 g/mol. The topological polar surface area (TPSA) is 17.0 Å². The number of aromatic nitrogens is 1. The fourth-order valence-corrected chi connectivity index (χ4v) is 8.16. The zero-order chi connectivity index (χ0) is 35.0. The first kappa shape index (κ1) is 31.9.